The first-order valence-corrected chi connectivity index (χ1v) is 5.05. The number of benzene rings is 1. The van der Waals surface area contributed by atoms with Gasteiger partial charge in [0.25, 0.3) is 0 Å². The van der Waals surface area contributed by atoms with Gasteiger partial charge in [-0.05, 0) is 0 Å². The second kappa shape index (κ2) is 3.85. The molecule has 0 aliphatic rings. The first kappa shape index (κ1) is 8.71. The van der Waals surface area contributed by atoms with E-state index < -0.39 is 0 Å². The quantitative estimate of drug-likeness (QED) is 0.720. The zero-order valence-electron chi connectivity index (χ0n) is 6.20. The Hall–Kier alpha value is -0.388. The zero-order chi connectivity index (χ0) is 8.27. The average molecular weight is 340 g/mol. The molecule has 0 amide bonds. The van der Waals surface area contributed by atoms with E-state index in [9.17, 15) is 4.79 Å². The van der Waals surface area contributed by atoms with Crippen LogP contribution in [0.5, 0.6) is 0 Å². The minimum absolute atomic E-state index is 0.213. The summed E-state index contributed by atoms with van der Waals surface area (Å²) in [5, 5.41) is 0. The van der Waals surface area contributed by atoms with Gasteiger partial charge in [0.2, 0.25) is 0 Å². The van der Waals surface area contributed by atoms with Gasteiger partial charge in [-0.2, -0.15) is 0 Å². The van der Waals surface area contributed by atoms with Crippen LogP contribution in [0.1, 0.15) is 15.9 Å². The predicted molar refractivity (Wildman–Crippen MR) is 42.3 cm³/mol. The van der Waals surface area contributed by atoms with Crippen LogP contribution in [0.25, 0.3) is 0 Å². The monoisotopic (exact) mass is 340 g/mol. The molecule has 0 aliphatic heterocycles. The Bertz CT molecular complexity index is 253. The van der Waals surface area contributed by atoms with Crippen molar-refractivity contribution in [1.29, 1.82) is 0 Å². The summed E-state index contributed by atoms with van der Waals surface area (Å²) in [6, 6.07) is 7.36. The summed E-state index contributed by atoms with van der Waals surface area (Å²) in [5.74, 6) is -0.213. The molecule has 3 heteroatoms. The van der Waals surface area contributed by atoms with Crippen LogP contribution < -0.4 is 0 Å². The van der Waals surface area contributed by atoms with E-state index in [2.05, 4.69) is 0 Å². The van der Waals surface area contributed by atoms with E-state index >= 15 is 0 Å². The Kier molecular flexibility index (Phi) is 3.05. The van der Waals surface area contributed by atoms with E-state index in [-0.39, 0.29) is 32.2 Å². The van der Waals surface area contributed by atoms with Crippen molar-refractivity contribution in [2.45, 2.75) is 6.92 Å². The molecule has 0 unspecified atom stereocenters. The van der Waals surface area contributed by atoms with Crippen molar-refractivity contribution in [3.05, 3.63) is 35.4 Å². The van der Waals surface area contributed by atoms with Gasteiger partial charge in [-0.15, -0.1) is 0 Å². The van der Waals surface area contributed by atoms with Crippen LogP contribution in [-0.4, -0.2) is 32.2 Å². The van der Waals surface area contributed by atoms with E-state index in [1.807, 2.05) is 19.1 Å². The predicted octanol–water partition coefficient (Wildman–Crippen LogP) is 1.24. The standard InChI is InChI=1S/C8H8O2.Tl/c1-6-2-4-7(5-3-6)8(9)10;/h2-5H,1H3,(H,9,10);/q;+1/p-1. The van der Waals surface area contributed by atoms with Gasteiger partial charge in [-0.3, -0.25) is 0 Å². The summed E-state index contributed by atoms with van der Waals surface area (Å²) in [5.41, 5.74) is 1.79. The van der Waals surface area contributed by atoms with E-state index in [0.29, 0.717) is 5.56 Å². The zero-order valence-corrected chi connectivity index (χ0v) is 10.7. The number of carbonyl (C=O) groups is 1. The molecule has 1 aromatic carbocycles. The fourth-order valence-electron chi connectivity index (χ4n) is 0.758. The Balaban J connectivity index is 2.90. The summed E-state index contributed by atoms with van der Waals surface area (Å²) in [6.07, 6.45) is 0. The van der Waals surface area contributed by atoms with E-state index in [1.54, 1.807) is 12.1 Å². The van der Waals surface area contributed by atoms with Crippen molar-refractivity contribution in [2.24, 2.45) is 0 Å². The second-order valence-corrected chi connectivity index (χ2v) is 3.19. The maximum atomic E-state index is 10.9. The van der Waals surface area contributed by atoms with Gasteiger partial charge < -0.3 is 0 Å². The third kappa shape index (κ3) is 2.29. The average Bonchev–Trinajstić information content (AvgIpc) is 2.05. The number of carbonyl (C=O) groups excluding carboxylic acids is 1. The fourth-order valence-corrected chi connectivity index (χ4v) is 1.29. The topological polar surface area (TPSA) is 26.3 Å². The van der Waals surface area contributed by atoms with Gasteiger partial charge in [0.05, 0.1) is 0 Å². The van der Waals surface area contributed by atoms with Gasteiger partial charge in [0, 0.05) is 0 Å². The summed E-state index contributed by atoms with van der Waals surface area (Å²) in [6.45, 7) is 1.98. The van der Waals surface area contributed by atoms with Crippen molar-refractivity contribution in [3.8, 4) is 0 Å². The third-order valence-electron chi connectivity index (χ3n) is 1.39. The molecule has 11 heavy (non-hydrogen) atoms. The van der Waals surface area contributed by atoms with Gasteiger partial charge in [-0.1, -0.05) is 0 Å². The molecule has 0 radical (unpaired) electrons. The van der Waals surface area contributed by atoms with Crippen LogP contribution in [0.3, 0.4) is 0 Å². The maximum absolute atomic E-state index is 10.9. The van der Waals surface area contributed by atoms with Crippen molar-refractivity contribution >= 4 is 32.2 Å². The molecule has 1 aromatic rings. The van der Waals surface area contributed by atoms with Gasteiger partial charge in [0.15, 0.2) is 0 Å². The molecule has 0 heterocycles. The van der Waals surface area contributed by atoms with Crippen LogP contribution in [-0.2, 0) is 2.69 Å². The van der Waals surface area contributed by atoms with E-state index in [1.165, 1.54) is 0 Å². The molecular weight excluding hydrogens is 332 g/mol. The van der Waals surface area contributed by atoms with Crippen LogP contribution in [0.15, 0.2) is 24.3 Å². The van der Waals surface area contributed by atoms with Gasteiger partial charge >= 0.3 is 82.0 Å². The molecule has 0 bridgehead atoms. The number of rotatable bonds is 1. The van der Waals surface area contributed by atoms with Crippen molar-refractivity contribution in [1.82, 2.24) is 0 Å². The molecule has 0 aromatic heterocycles. The Morgan fingerprint density at radius 2 is 1.91 bits per heavy atom. The van der Waals surface area contributed by atoms with Gasteiger partial charge in [0.1, 0.15) is 0 Å². The van der Waals surface area contributed by atoms with E-state index in [0.717, 1.165) is 5.56 Å². The Morgan fingerprint density at radius 3 is 2.36 bits per heavy atom. The molecule has 0 spiro atoms. The molecular formula is C8H7O2Tl. The van der Waals surface area contributed by atoms with Crippen LogP contribution in [0, 0.1) is 6.92 Å². The Morgan fingerprint density at radius 1 is 1.36 bits per heavy atom. The first-order chi connectivity index (χ1) is 5.24. The fraction of sp³-hybridized carbons (Fsp3) is 0.125. The van der Waals surface area contributed by atoms with E-state index in [4.69, 9.17) is 2.69 Å². The molecule has 0 aliphatic carbocycles. The summed E-state index contributed by atoms with van der Waals surface area (Å²) in [4.78, 5) is 10.9. The molecule has 0 atom stereocenters. The van der Waals surface area contributed by atoms with Gasteiger partial charge in [-0.25, -0.2) is 0 Å². The summed E-state index contributed by atoms with van der Waals surface area (Å²) >= 11 is 0.272. The SMILES string of the molecule is Cc1ccc(C(=O)[O][Tl])cc1. The molecule has 0 saturated carbocycles. The van der Waals surface area contributed by atoms with Crippen molar-refractivity contribution in [3.63, 3.8) is 0 Å². The van der Waals surface area contributed by atoms with Crippen molar-refractivity contribution in [2.75, 3.05) is 0 Å². The molecule has 0 N–H and O–H groups in total. The van der Waals surface area contributed by atoms with Crippen molar-refractivity contribution < 1.29 is 7.48 Å². The minimum atomic E-state index is -0.213. The molecule has 0 fully saturated rings. The summed E-state index contributed by atoms with van der Waals surface area (Å²) in [7, 11) is 0. The molecule has 0 saturated heterocycles. The number of hydrogen-bond donors (Lipinski definition) is 0. The Labute approximate surface area is 81.9 Å². The second-order valence-electron chi connectivity index (χ2n) is 2.27. The molecule has 54 valence electrons. The number of aryl methyl sites for hydroxylation is 1. The number of hydrogen-bond acceptors (Lipinski definition) is 2. The van der Waals surface area contributed by atoms with Crippen LogP contribution >= 0.6 is 0 Å². The molecule has 2 nitrogen and oxygen atoms in total. The molecule has 1 rings (SSSR count). The summed E-state index contributed by atoms with van der Waals surface area (Å²) < 4.78 is 4.70. The first-order valence-electron chi connectivity index (χ1n) is 3.22. The van der Waals surface area contributed by atoms with Crippen LogP contribution in [0.2, 0.25) is 0 Å². The third-order valence-corrected chi connectivity index (χ3v) is 2.23. The normalized spacial score (nSPS) is 9.09. The van der Waals surface area contributed by atoms with Crippen LogP contribution in [0.4, 0.5) is 0 Å².